The summed E-state index contributed by atoms with van der Waals surface area (Å²) in [6, 6.07) is 15.1. The van der Waals surface area contributed by atoms with Gasteiger partial charge in [-0.2, -0.15) is 0 Å². The molecular formula is C24H27N3O2. The molecule has 1 heterocycles. The number of hydrogen-bond donors (Lipinski definition) is 0. The maximum atomic E-state index is 5.69. The molecule has 1 aliphatic rings. The minimum absolute atomic E-state index is 0.277. The number of rotatable bonds is 8. The Morgan fingerprint density at radius 2 is 1.69 bits per heavy atom. The van der Waals surface area contributed by atoms with Crippen LogP contribution >= 0.6 is 0 Å². The van der Waals surface area contributed by atoms with Gasteiger partial charge in [0.05, 0.1) is 0 Å². The first kappa shape index (κ1) is 19.4. The van der Waals surface area contributed by atoms with Gasteiger partial charge in [-0.05, 0) is 48.9 Å². The number of benzene rings is 2. The summed E-state index contributed by atoms with van der Waals surface area (Å²) < 4.78 is 5.69. The molecule has 0 amide bonds. The van der Waals surface area contributed by atoms with E-state index in [0.717, 1.165) is 54.3 Å². The van der Waals surface area contributed by atoms with Crippen LogP contribution in [-0.4, -0.2) is 22.5 Å². The third-order valence-electron chi connectivity index (χ3n) is 5.18. The van der Waals surface area contributed by atoms with E-state index in [1.54, 1.807) is 0 Å². The fourth-order valence-electron chi connectivity index (χ4n) is 3.68. The molecule has 0 unspecified atom stereocenters. The highest BCUT2D eigenvalue weighted by atomic mass is 16.6. The molecule has 29 heavy (non-hydrogen) atoms. The molecule has 0 atom stereocenters. The molecule has 0 N–H and O–H groups in total. The van der Waals surface area contributed by atoms with E-state index in [-0.39, 0.29) is 5.92 Å². The van der Waals surface area contributed by atoms with Crippen molar-refractivity contribution in [3.63, 3.8) is 0 Å². The van der Waals surface area contributed by atoms with Crippen molar-refractivity contribution in [2.45, 2.75) is 52.4 Å². The van der Waals surface area contributed by atoms with Crippen LogP contribution in [0.25, 0.3) is 11.1 Å². The van der Waals surface area contributed by atoms with Gasteiger partial charge < -0.3 is 9.25 Å². The number of nitrogens with zero attached hydrogens (tertiary/aromatic N) is 3. The van der Waals surface area contributed by atoms with Crippen molar-refractivity contribution in [3.8, 4) is 11.1 Å². The van der Waals surface area contributed by atoms with Crippen LogP contribution in [0.5, 0.6) is 0 Å². The highest BCUT2D eigenvalue weighted by molar-refractivity contribution is 6.24. The Hall–Kier alpha value is -2.95. The summed E-state index contributed by atoms with van der Waals surface area (Å²) >= 11 is 0. The van der Waals surface area contributed by atoms with Crippen molar-refractivity contribution in [1.82, 2.24) is 10.2 Å². The Bertz CT molecular complexity index is 1020. The number of fused-ring (bicyclic) bond motifs is 3. The molecule has 3 aromatic rings. The molecule has 5 nitrogen and oxygen atoms in total. The van der Waals surface area contributed by atoms with Crippen molar-refractivity contribution in [2.24, 2.45) is 5.16 Å². The molecular weight excluding hydrogens is 362 g/mol. The monoisotopic (exact) mass is 389 g/mol. The summed E-state index contributed by atoms with van der Waals surface area (Å²) in [4.78, 5) is 5.40. The van der Waals surface area contributed by atoms with Gasteiger partial charge in [-0.1, -0.05) is 55.4 Å². The van der Waals surface area contributed by atoms with Gasteiger partial charge in [-0.15, -0.1) is 10.2 Å². The highest BCUT2D eigenvalue weighted by Crippen LogP contribution is 2.37. The van der Waals surface area contributed by atoms with E-state index in [1.165, 1.54) is 16.7 Å². The lowest BCUT2D eigenvalue weighted by Gasteiger charge is -2.06. The predicted molar refractivity (Wildman–Crippen MR) is 114 cm³/mol. The largest absolute Gasteiger partial charge is 0.425 e. The highest BCUT2D eigenvalue weighted by Gasteiger charge is 2.25. The molecule has 0 bridgehead atoms. The molecule has 0 aliphatic heterocycles. The van der Waals surface area contributed by atoms with Crippen molar-refractivity contribution in [3.05, 3.63) is 70.9 Å². The van der Waals surface area contributed by atoms with E-state index in [9.17, 15) is 0 Å². The zero-order valence-electron chi connectivity index (χ0n) is 17.3. The van der Waals surface area contributed by atoms with E-state index in [0.29, 0.717) is 6.61 Å². The Morgan fingerprint density at radius 3 is 2.45 bits per heavy atom. The van der Waals surface area contributed by atoms with Gasteiger partial charge >= 0.3 is 0 Å². The summed E-state index contributed by atoms with van der Waals surface area (Å²) in [5.41, 5.74) is 7.02. The number of aromatic nitrogens is 2. The van der Waals surface area contributed by atoms with Crippen LogP contribution in [0.2, 0.25) is 0 Å². The summed E-state index contributed by atoms with van der Waals surface area (Å²) in [5.74, 6) is 1.74. The van der Waals surface area contributed by atoms with Crippen molar-refractivity contribution < 1.29 is 9.25 Å². The molecule has 0 radical (unpaired) electrons. The normalized spacial score (nSPS) is 13.7. The average Bonchev–Trinajstić information content (AvgIpc) is 3.33. The molecule has 4 rings (SSSR count). The number of aryl methyl sites for hydroxylation is 2. The molecule has 0 saturated heterocycles. The van der Waals surface area contributed by atoms with Crippen molar-refractivity contribution in [2.75, 3.05) is 6.61 Å². The lowest BCUT2D eigenvalue weighted by molar-refractivity contribution is 0.159. The molecule has 5 heteroatoms. The molecule has 2 aromatic carbocycles. The smallest absolute Gasteiger partial charge is 0.219 e. The van der Waals surface area contributed by atoms with Gasteiger partial charge in [0.2, 0.25) is 11.8 Å². The number of hydrogen-bond acceptors (Lipinski definition) is 5. The van der Waals surface area contributed by atoms with Gasteiger partial charge in [-0.3, -0.25) is 0 Å². The van der Waals surface area contributed by atoms with Crippen molar-refractivity contribution in [1.29, 1.82) is 0 Å². The van der Waals surface area contributed by atoms with Crippen LogP contribution in [0.3, 0.4) is 0 Å². The number of oxime groups is 1. The minimum atomic E-state index is 0.277. The third kappa shape index (κ3) is 4.09. The van der Waals surface area contributed by atoms with E-state index in [1.807, 2.05) is 6.92 Å². The van der Waals surface area contributed by atoms with Gasteiger partial charge in [0.15, 0.2) is 0 Å². The topological polar surface area (TPSA) is 60.5 Å². The summed E-state index contributed by atoms with van der Waals surface area (Å²) in [6.07, 6.45) is 3.93. The molecule has 0 saturated carbocycles. The molecule has 1 aliphatic carbocycles. The zero-order chi connectivity index (χ0) is 20.2. The van der Waals surface area contributed by atoms with Crippen LogP contribution in [0.1, 0.15) is 68.0 Å². The second-order valence-electron chi connectivity index (χ2n) is 7.68. The molecule has 1 aromatic heterocycles. The van der Waals surface area contributed by atoms with Crippen LogP contribution in [0.15, 0.2) is 52.0 Å². The second kappa shape index (κ2) is 8.60. The van der Waals surface area contributed by atoms with Gasteiger partial charge in [0.1, 0.15) is 12.3 Å². The Kier molecular flexibility index (Phi) is 5.74. The fourth-order valence-corrected chi connectivity index (χ4v) is 3.68. The first-order valence-electron chi connectivity index (χ1n) is 10.4. The third-order valence-corrected chi connectivity index (χ3v) is 5.18. The summed E-state index contributed by atoms with van der Waals surface area (Å²) in [6.45, 7) is 6.64. The van der Waals surface area contributed by atoms with Gasteiger partial charge in [0.25, 0.3) is 0 Å². The van der Waals surface area contributed by atoms with Crippen molar-refractivity contribution >= 4 is 5.71 Å². The summed E-state index contributed by atoms with van der Waals surface area (Å²) in [7, 11) is 0. The Balaban J connectivity index is 1.43. The standard InChI is InChI=1S/C24H27N3O2/c1-4-28-27-23-20-11-7-6-10-18(20)19-14-13-17(15-21(19)23)9-5-8-12-22-25-26-24(29-22)16(2)3/h6-7,10-11,13-16H,4-5,8-9,12H2,1-3H3/b27-23-. The molecule has 150 valence electrons. The maximum absolute atomic E-state index is 5.69. The summed E-state index contributed by atoms with van der Waals surface area (Å²) in [5, 5.41) is 12.7. The van der Waals surface area contributed by atoms with Gasteiger partial charge in [0, 0.05) is 23.5 Å². The average molecular weight is 389 g/mol. The predicted octanol–water partition coefficient (Wildman–Crippen LogP) is 5.53. The van der Waals surface area contributed by atoms with E-state index < -0.39 is 0 Å². The minimum Gasteiger partial charge on any atom is -0.425 e. The maximum Gasteiger partial charge on any atom is 0.219 e. The number of unbranched alkanes of at least 4 members (excludes halogenated alkanes) is 1. The second-order valence-corrected chi connectivity index (χ2v) is 7.68. The molecule has 0 spiro atoms. The quantitative estimate of drug-likeness (QED) is 0.294. The first-order valence-corrected chi connectivity index (χ1v) is 10.4. The van der Waals surface area contributed by atoms with Crippen LogP contribution in [0, 0.1) is 0 Å². The van der Waals surface area contributed by atoms with Crippen LogP contribution < -0.4 is 0 Å². The lowest BCUT2D eigenvalue weighted by atomic mass is 10.00. The van der Waals surface area contributed by atoms with Gasteiger partial charge in [-0.25, -0.2) is 0 Å². The fraction of sp³-hybridized carbons (Fsp3) is 0.375. The lowest BCUT2D eigenvalue weighted by Crippen LogP contribution is -2.01. The van der Waals surface area contributed by atoms with Crippen LogP contribution in [0.4, 0.5) is 0 Å². The van der Waals surface area contributed by atoms with Crippen LogP contribution in [-0.2, 0) is 17.7 Å². The van der Waals surface area contributed by atoms with E-state index >= 15 is 0 Å². The van der Waals surface area contributed by atoms with E-state index in [4.69, 9.17) is 9.25 Å². The zero-order valence-corrected chi connectivity index (χ0v) is 17.3. The first-order chi connectivity index (χ1) is 14.2. The SMILES string of the molecule is CCO/N=C1/c2ccccc2-c2ccc(CCCCc3nnc(C(C)C)o3)cc21. The molecule has 0 fully saturated rings. The Labute approximate surface area is 171 Å². The van der Waals surface area contributed by atoms with E-state index in [2.05, 4.69) is 71.7 Å². The Morgan fingerprint density at radius 1 is 0.931 bits per heavy atom.